The second-order valence-electron chi connectivity index (χ2n) is 12.1. The smallest absolute Gasteiger partial charge is 0.298 e. The van der Waals surface area contributed by atoms with Crippen LogP contribution in [0.15, 0.2) is 18.5 Å². The van der Waals surface area contributed by atoms with Crippen molar-refractivity contribution in [1.29, 1.82) is 0 Å². The highest BCUT2D eigenvalue weighted by Crippen LogP contribution is 2.45. The highest BCUT2D eigenvalue weighted by Gasteiger charge is 2.38. The summed E-state index contributed by atoms with van der Waals surface area (Å²) >= 11 is 0. The maximum absolute atomic E-state index is 12.5. The Balaban J connectivity index is 1.14. The van der Waals surface area contributed by atoms with E-state index in [1.54, 1.807) is 0 Å². The first-order valence-corrected chi connectivity index (χ1v) is 16.4. The Morgan fingerprint density at radius 1 is 1.14 bits per heavy atom. The minimum atomic E-state index is -3.01. The summed E-state index contributed by atoms with van der Waals surface area (Å²) in [5.41, 5.74) is 4.04. The molecule has 0 spiro atoms. The van der Waals surface area contributed by atoms with Crippen LogP contribution in [0.3, 0.4) is 0 Å². The first-order valence-electron chi connectivity index (χ1n) is 14.6. The Morgan fingerprint density at radius 2 is 1.90 bits per heavy atom. The summed E-state index contributed by atoms with van der Waals surface area (Å²) in [6.45, 7) is 8.86. The van der Waals surface area contributed by atoms with Gasteiger partial charge in [0.1, 0.15) is 29.8 Å². The second kappa shape index (κ2) is 11.4. The highest BCUT2D eigenvalue weighted by atomic mass is 32.2. The number of carbonyl (C=O) groups is 1. The van der Waals surface area contributed by atoms with E-state index in [9.17, 15) is 13.2 Å². The number of fused-ring (bicyclic) bond motifs is 2. The van der Waals surface area contributed by atoms with Crippen LogP contribution in [0.1, 0.15) is 42.1 Å². The van der Waals surface area contributed by atoms with Gasteiger partial charge in [0.25, 0.3) is 5.91 Å². The molecule has 0 unspecified atom stereocenters. The maximum Gasteiger partial charge on any atom is 0.298 e. The molecule has 4 aliphatic rings. The average molecular weight is 594 g/mol. The van der Waals surface area contributed by atoms with Crippen LogP contribution in [-0.2, 0) is 14.6 Å². The van der Waals surface area contributed by atoms with Crippen LogP contribution in [0.2, 0.25) is 0 Å². The number of benzene rings is 1. The predicted octanol–water partition coefficient (Wildman–Crippen LogP) is 1.78. The molecular weight excluding hydrogens is 554 g/mol. The largest absolute Gasteiger partial charge is 0.483 e. The van der Waals surface area contributed by atoms with E-state index in [0.29, 0.717) is 37.4 Å². The third-order valence-corrected chi connectivity index (χ3v) is 10.3. The molecule has 0 saturated carbocycles. The zero-order valence-corrected chi connectivity index (χ0v) is 25.6. The number of likely N-dealkylation sites (tertiary alicyclic amines) is 2. The van der Waals surface area contributed by atoms with Gasteiger partial charge < -0.3 is 19.9 Å². The molecule has 1 N–H and O–H groups in total. The van der Waals surface area contributed by atoms with Crippen LogP contribution >= 0.6 is 0 Å². The molecular formula is C30H39N7O4S. The lowest BCUT2D eigenvalue weighted by atomic mass is 9.88. The van der Waals surface area contributed by atoms with Crippen LogP contribution in [0.25, 0.3) is 0 Å². The number of aryl methyl sites for hydroxylation is 1. The first kappa shape index (κ1) is 28.7. The topological polar surface area (TPSA) is 111 Å². The number of hydrogen-bond acceptors (Lipinski definition) is 10. The van der Waals surface area contributed by atoms with Gasteiger partial charge in [-0.1, -0.05) is 12.0 Å². The number of sulfone groups is 1. The van der Waals surface area contributed by atoms with Crippen molar-refractivity contribution in [2.24, 2.45) is 0 Å². The lowest BCUT2D eigenvalue weighted by Crippen LogP contribution is -2.51. The molecule has 0 radical (unpaired) electrons. The van der Waals surface area contributed by atoms with Gasteiger partial charge in [-0.25, -0.2) is 18.4 Å². The van der Waals surface area contributed by atoms with E-state index in [1.807, 2.05) is 35.7 Å². The van der Waals surface area contributed by atoms with Crippen molar-refractivity contribution in [3.8, 4) is 17.6 Å². The Labute approximate surface area is 248 Å². The summed E-state index contributed by atoms with van der Waals surface area (Å²) in [7, 11) is 0.877. The van der Waals surface area contributed by atoms with E-state index in [-0.39, 0.29) is 23.5 Å². The molecule has 6 rings (SSSR count). The molecule has 12 heteroatoms. The molecule has 5 heterocycles. The minimum Gasteiger partial charge on any atom is -0.483 e. The van der Waals surface area contributed by atoms with E-state index < -0.39 is 9.84 Å². The van der Waals surface area contributed by atoms with Crippen LogP contribution in [0.4, 0.5) is 17.3 Å². The Kier molecular flexibility index (Phi) is 7.76. The average Bonchev–Trinajstić information content (AvgIpc) is 3.33. The van der Waals surface area contributed by atoms with Crippen molar-refractivity contribution in [1.82, 2.24) is 24.7 Å². The third-order valence-electron chi connectivity index (χ3n) is 8.70. The van der Waals surface area contributed by atoms with Gasteiger partial charge in [0.05, 0.1) is 29.3 Å². The molecule has 1 aromatic carbocycles. The number of hydrogen-bond donors (Lipinski definition) is 1. The molecule has 2 aromatic rings. The number of nitrogens with zero attached hydrogens (tertiary/aromatic N) is 6. The predicted molar refractivity (Wildman–Crippen MR) is 162 cm³/mol. The molecule has 42 heavy (non-hydrogen) atoms. The van der Waals surface area contributed by atoms with Crippen LogP contribution in [0.5, 0.6) is 5.75 Å². The van der Waals surface area contributed by atoms with Gasteiger partial charge in [-0.05, 0) is 57.5 Å². The summed E-state index contributed by atoms with van der Waals surface area (Å²) in [6, 6.07) is 4.77. The Bertz CT molecular complexity index is 1530. The Morgan fingerprint density at radius 3 is 2.64 bits per heavy atom. The fourth-order valence-electron chi connectivity index (χ4n) is 6.28. The van der Waals surface area contributed by atoms with Crippen molar-refractivity contribution >= 4 is 33.1 Å². The van der Waals surface area contributed by atoms with E-state index >= 15 is 0 Å². The van der Waals surface area contributed by atoms with Gasteiger partial charge in [-0.15, -0.1) is 0 Å². The van der Waals surface area contributed by atoms with E-state index in [4.69, 9.17) is 4.74 Å². The van der Waals surface area contributed by atoms with Crippen molar-refractivity contribution in [2.45, 2.75) is 38.3 Å². The van der Waals surface area contributed by atoms with Crippen LogP contribution in [0, 0.1) is 18.8 Å². The Hall–Kier alpha value is -3.40. The molecule has 3 fully saturated rings. The SMILES string of the molecule is Cc1cc(C2CN([C@@H]3CCN(C(=O)C#CCN(C)C)C3)C2)cc2c1O[C@H](C)c1c(ncnc1N1CCS(=O)(=O)CC1)N2. The minimum absolute atomic E-state index is 0.0735. The number of amides is 1. The molecule has 1 aromatic heterocycles. The standard InChI is InChI=1S/C30H39N7O4S/c1-20-14-22(23-16-37(17-23)24-7-9-36(18-24)26(38)6-5-8-34(3)4)15-25-28(20)41-21(2)27-29(33-25)31-19-32-30(27)35-10-12-42(39,40)13-11-35/h14-15,19,21,23-24H,7-13,16-18H2,1-4H3,(H,31,32,33)/t21-,24-/m1/s1. The molecule has 224 valence electrons. The van der Waals surface area contributed by atoms with Crippen LogP contribution < -0.4 is 15.0 Å². The number of carbonyl (C=O) groups excluding carboxylic acids is 1. The van der Waals surface area contributed by atoms with Gasteiger partial charge in [0.15, 0.2) is 9.84 Å². The zero-order valence-electron chi connectivity index (χ0n) is 24.8. The molecule has 0 aliphatic carbocycles. The first-order chi connectivity index (χ1) is 20.1. The van der Waals surface area contributed by atoms with E-state index in [2.05, 4.69) is 51.1 Å². The number of ether oxygens (including phenoxy) is 1. The quantitative estimate of drug-likeness (QED) is 0.527. The number of aromatic nitrogens is 2. The molecule has 1 amide bonds. The zero-order chi connectivity index (χ0) is 29.6. The summed E-state index contributed by atoms with van der Waals surface area (Å²) in [5, 5.41) is 3.53. The monoisotopic (exact) mass is 593 g/mol. The third kappa shape index (κ3) is 5.78. The van der Waals surface area contributed by atoms with Gasteiger partial charge >= 0.3 is 0 Å². The fourth-order valence-corrected chi connectivity index (χ4v) is 7.49. The molecule has 11 nitrogen and oxygen atoms in total. The lowest BCUT2D eigenvalue weighted by molar-refractivity contribution is -0.124. The summed E-state index contributed by atoms with van der Waals surface area (Å²) < 4.78 is 30.5. The van der Waals surface area contributed by atoms with E-state index in [1.165, 1.54) is 11.9 Å². The lowest BCUT2D eigenvalue weighted by Gasteiger charge is -2.43. The van der Waals surface area contributed by atoms with Gasteiger partial charge in [-0.3, -0.25) is 14.6 Å². The van der Waals surface area contributed by atoms with Gasteiger partial charge in [0.2, 0.25) is 0 Å². The van der Waals surface area contributed by atoms with E-state index in [0.717, 1.165) is 61.0 Å². The molecule has 2 atom stereocenters. The van der Waals surface area contributed by atoms with Crippen molar-refractivity contribution < 1.29 is 17.9 Å². The maximum atomic E-state index is 12.5. The normalized spacial score (nSPS) is 23.5. The van der Waals surface area contributed by atoms with Crippen LogP contribution in [-0.4, -0.2) is 116 Å². The summed E-state index contributed by atoms with van der Waals surface area (Å²) in [4.78, 5) is 29.9. The summed E-state index contributed by atoms with van der Waals surface area (Å²) in [5.74, 6) is 8.52. The molecule has 4 aliphatic heterocycles. The van der Waals surface area contributed by atoms with Crippen molar-refractivity contribution in [3.05, 3.63) is 35.2 Å². The summed E-state index contributed by atoms with van der Waals surface area (Å²) in [6.07, 6.45) is 2.20. The van der Waals surface area contributed by atoms with Crippen molar-refractivity contribution in [2.75, 3.05) is 81.6 Å². The molecule has 3 saturated heterocycles. The van der Waals surface area contributed by atoms with Gasteiger partial charge in [-0.2, -0.15) is 0 Å². The van der Waals surface area contributed by atoms with Crippen molar-refractivity contribution in [3.63, 3.8) is 0 Å². The molecule has 0 bridgehead atoms. The number of rotatable bonds is 4. The fraction of sp³-hybridized carbons (Fsp3) is 0.567. The highest BCUT2D eigenvalue weighted by molar-refractivity contribution is 7.91. The number of nitrogens with one attached hydrogen (secondary N) is 1. The second-order valence-corrected chi connectivity index (χ2v) is 14.4. The number of anilines is 3. The van der Waals surface area contributed by atoms with Gasteiger partial charge in [0, 0.05) is 51.2 Å².